The van der Waals surface area contributed by atoms with Gasteiger partial charge in [0, 0.05) is 31.8 Å². The van der Waals surface area contributed by atoms with Gasteiger partial charge in [0.1, 0.15) is 0 Å². The molecule has 1 aliphatic heterocycles. The number of nitrogens with one attached hydrogen (secondary N) is 1. The lowest BCUT2D eigenvalue weighted by atomic mass is 10.0. The van der Waals surface area contributed by atoms with Crippen molar-refractivity contribution in [3.8, 4) is 0 Å². The van der Waals surface area contributed by atoms with E-state index >= 15 is 0 Å². The molecule has 1 aliphatic rings. The number of rotatable bonds is 9. The molecule has 0 aromatic carbocycles. The zero-order valence-electron chi connectivity index (χ0n) is 11.9. The molecule has 0 atom stereocenters. The van der Waals surface area contributed by atoms with Gasteiger partial charge in [-0.3, -0.25) is 4.90 Å². The van der Waals surface area contributed by atoms with Crippen LogP contribution in [0.2, 0.25) is 0 Å². The smallest absolute Gasteiger partial charge is 0.0590 e. The fourth-order valence-corrected chi connectivity index (χ4v) is 2.41. The first-order valence-electron chi connectivity index (χ1n) is 7.20. The summed E-state index contributed by atoms with van der Waals surface area (Å²) >= 11 is 0. The summed E-state index contributed by atoms with van der Waals surface area (Å²) in [5, 5.41) is 3.46. The van der Waals surface area contributed by atoms with Crippen LogP contribution in [0.1, 0.15) is 46.5 Å². The molecule has 0 radical (unpaired) electrons. The second-order valence-corrected chi connectivity index (χ2v) is 5.62. The maximum atomic E-state index is 5.51. The Morgan fingerprint density at radius 2 is 2.06 bits per heavy atom. The molecule has 0 spiro atoms. The molecule has 1 saturated heterocycles. The van der Waals surface area contributed by atoms with Gasteiger partial charge in [0.2, 0.25) is 0 Å². The lowest BCUT2D eigenvalue weighted by molar-refractivity contribution is 0.130. The average molecular weight is 242 g/mol. The zero-order chi connectivity index (χ0) is 12.6. The molecular weight excluding hydrogens is 212 g/mol. The fourth-order valence-electron chi connectivity index (χ4n) is 2.41. The van der Waals surface area contributed by atoms with Gasteiger partial charge in [-0.1, -0.05) is 13.3 Å². The third-order valence-corrected chi connectivity index (χ3v) is 3.70. The van der Waals surface area contributed by atoms with Crippen molar-refractivity contribution in [1.29, 1.82) is 0 Å². The van der Waals surface area contributed by atoms with Crippen molar-refractivity contribution in [2.75, 3.05) is 39.4 Å². The van der Waals surface area contributed by atoms with Gasteiger partial charge in [0.15, 0.2) is 0 Å². The highest BCUT2D eigenvalue weighted by atomic mass is 16.5. The summed E-state index contributed by atoms with van der Waals surface area (Å²) in [6.07, 6.45) is 5.10. The summed E-state index contributed by atoms with van der Waals surface area (Å²) in [7, 11) is 0. The molecular formula is C14H30N2O. The number of unbranched alkanes of at least 4 members (excludes halogenated alkanes) is 1. The lowest BCUT2D eigenvalue weighted by Gasteiger charge is -2.31. The summed E-state index contributed by atoms with van der Waals surface area (Å²) in [5.74, 6) is 0. The monoisotopic (exact) mass is 242 g/mol. The van der Waals surface area contributed by atoms with Crippen molar-refractivity contribution in [1.82, 2.24) is 10.2 Å². The zero-order valence-corrected chi connectivity index (χ0v) is 11.9. The molecule has 0 aliphatic carbocycles. The van der Waals surface area contributed by atoms with E-state index in [1.807, 2.05) is 0 Å². The number of likely N-dealkylation sites (tertiary alicyclic amines) is 1. The van der Waals surface area contributed by atoms with E-state index in [1.165, 1.54) is 38.8 Å². The fraction of sp³-hybridized carbons (Fsp3) is 1.00. The van der Waals surface area contributed by atoms with E-state index in [1.54, 1.807) is 0 Å². The third kappa shape index (κ3) is 5.84. The highest BCUT2D eigenvalue weighted by molar-refractivity contribution is 4.87. The van der Waals surface area contributed by atoms with Crippen molar-refractivity contribution < 1.29 is 4.74 Å². The summed E-state index contributed by atoms with van der Waals surface area (Å²) < 4.78 is 5.51. The van der Waals surface area contributed by atoms with Gasteiger partial charge in [0.25, 0.3) is 0 Å². The minimum absolute atomic E-state index is 0.416. The Morgan fingerprint density at radius 1 is 1.24 bits per heavy atom. The molecule has 1 rings (SSSR count). The number of hydrogen-bond acceptors (Lipinski definition) is 3. The van der Waals surface area contributed by atoms with Gasteiger partial charge in [-0.05, 0) is 39.7 Å². The van der Waals surface area contributed by atoms with Crippen molar-refractivity contribution in [2.45, 2.75) is 52.0 Å². The van der Waals surface area contributed by atoms with Crippen LogP contribution in [-0.2, 0) is 4.74 Å². The quantitative estimate of drug-likeness (QED) is 0.628. The molecule has 3 nitrogen and oxygen atoms in total. The van der Waals surface area contributed by atoms with Crippen LogP contribution in [0.3, 0.4) is 0 Å². The van der Waals surface area contributed by atoms with E-state index in [0.29, 0.717) is 5.54 Å². The van der Waals surface area contributed by atoms with Crippen molar-refractivity contribution in [2.24, 2.45) is 0 Å². The summed E-state index contributed by atoms with van der Waals surface area (Å²) in [4.78, 5) is 2.60. The van der Waals surface area contributed by atoms with Crippen LogP contribution in [0.5, 0.6) is 0 Å². The largest absolute Gasteiger partial charge is 0.380 e. The first-order valence-corrected chi connectivity index (χ1v) is 7.20. The summed E-state index contributed by atoms with van der Waals surface area (Å²) in [6, 6.07) is 0. The minimum Gasteiger partial charge on any atom is -0.380 e. The van der Waals surface area contributed by atoms with Crippen LogP contribution in [0.15, 0.2) is 0 Å². The van der Waals surface area contributed by atoms with Gasteiger partial charge >= 0.3 is 0 Å². The molecule has 3 heteroatoms. The van der Waals surface area contributed by atoms with E-state index in [4.69, 9.17) is 4.74 Å². The molecule has 0 amide bonds. The highest BCUT2D eigenvalue weighted by Crippen LogP contribution is 2.27. The Morgan fingerprint density at radius 3 is 2.71 bits per heavy atom. The predicted molar refractivity (Wildman–Crippen MR) is 73.5 cm³/mol. The van der Waals surface area contributed by atoms with Crippen molar-refractivity contribution in [3.63, 3.8) is 0 Å². The first-order chi connectivity index (χ1) is 8.17. The Bertz CT molecular complexity index is 195. The Labute approximate surface area is 107 Å². The molecule has 1 N–H and O–H groups in total. The summed E-state index contributed by atoms with van der Waals surface area (Å²) in [5.41, 5.74) is 0.416. The topological polar surface area (TPSA) is 24.5 Å². The Hall–Kier alpha value is -0.120. The van der Waals surface area contributed by atoms with E-state index in [0.717, 1.165) is 26.3 Å². The summed E-state index contributed by atoms with van der Waals surface area (Å²) in [6.45, 7) is 13.2. The minimum atomic E-state index is 0.416. The van der Waals surface area contributed by atoms with Gasteiger partial charge in [-0.15, -0.1) is 0 Å². The van der Waals surface area contributed by atoms with Gasteiger partial charge in [0.05, 0.1) is 6.61 Å². The van der Waals surface area contributed by atoms with Crippen LogP contribution in [-0.4, -0.2) is 49.8 Å². The van der Waals surface area contributed by atoms with Crippen molar-refractivity contribution >= 4 is 0 Å². The van der Waals surface area contributed by atoms with E-state index < -0.39 is 0 Å². The van der Waals surface area contributed by atoms with E-state index in [-0.39, 0.29) is 0 Å². The molecule has 17 heavy (non-hydrogen) atoms. The van der Waals surface area contributed by atoms with E-state index in [9.17, 15) is 0 Å². The maximum Gasteiger partial charge on any atom is 0.0590 e. The van der Waals surface area contributed by atoms with Gasteiger partial charge in [-0.2, -0.15) is 0 Å². The molecule has 1 heterocycles. The molecule has 0 saturated carbocycles. The molecule has 102 valence electrons. The van der Waals surface area contributed by atoms with Crippen molar-refractivity contribution in [3.05, 3.63) is 0 Å². The maximum absolute atomic E-state index is 5.51. The molecule has 0 aromatic rings. The first kappa shape index (κ1) is 14.9. The van der Waals surface area contributed by atoms with Gasteiger partial charge < -0.3 is 10.1 Å². The molecule has 0 unspecified atom stereocenters. The van der Waals surface area contributed by atoms with E-state index in [2.05, 4.69) is 31.0 Å². The van der Waals surface area contributed by atoms with Crippen LogP contribution < -0.4 is 5.32 Å². The number of hydrogen-bond donors (Lipinski definition) is 1. The van der Waals surface area contributed by atoms with Crippen LogP contribution >= 0.6 is 0 Å². The molecule has 0 bridgehead atoms. The Balaban J connectivity index is 1.90. The molecule has 1 fully saturated rings. The SMILES string of the molecule is CCCCOCCNCCN1CCCC1(C)C. The second kappa shape index (κ2) is 8.06. The normalized spacial score (nSPS) is 19.9. The van der Waals surface area contributed by atoms with Gasteiger partial charge in [-0.25, -0.2) is 0 Å². The predicted octanol–water partition coefficient (Wildman–Crippen LogP) is 2.27. The standard InChI is InChI=1S/C14H30N2O/c1-4-5-12-17-13-9-15-8-11-16-10-6-7-14(16,2)3/h15H,4-13H2,1-3H3. The average Bonchev–Trinajstić information content (AvgIpc) is 2.62. The molecule has 0 aromatic heterocycles. The Kier molecular flexibility index (Phi) is 7.09. The highest BCUT2D eigenvalue weighted by Gasteiger charge is 2.30. The second-order valence-electron chi connectivity index (χ2n) is 5.62. The third-order valence-electron chi connectivity index (χ3n) is 3.70. The number of nitrogens with zero attached hydrogens (tertiary/aromatic N) is 1. The number of ether oxygens (including phenoxy) is 1. The lowest BCUT2D eigenvalue weighted by Crippen LogP contribution is -2.42. The van der Waals surface area contributed by atoms with Crippen LogP contribution in [0.25, 0.3) is 0 Å². The van der Waals surface area contributed by atoms with Crippen LogP contribution in [0, 0.1) is 0 Å². The van der Waals surface area contributed by atoms with Crippen LogP contribution in [0.4, 0.5) is 0 Å².